The lowest BCUT2D eigenvalue weighted by molar-refractivity contribution is 0.0898. The highest BCUT2D eigenvalue weighted by Crippen LogP contribution is 2.28. The minimum Gasteiger partial charge on any atom is -0.493 e. The molecule has 1 heterocycles. The molecule has 1 N–H and O–H groups in total. The van der Waals surface area contributed by atoms with Gasteiger partial charge in [-0.1, -0.05) is 50.2 Å². The Bertz CT molecular complexity index is 1030. The molecule has 0 bridgehead atoms. The van der Waals surface area contributed by atoms with E-state index >= 15 is 0 Å². The van der Waals surface area contributed by atoms with Crippen molar-refractivity contribution in [1.29, 1.82) is 0 Å². The number of benzene rings is 2. The number of hydrogen-bond donors (Lipinski definition) is 1. The van der Waals surface area contributed by atoms with Gasteiger partial charge >= 0.3 is 0 Å². The molecule has 0 saturated carbocycles. The van der Waals surface area contributed by atoms with Crippen LogP contribution in [0.15, 0.2) is 65.1 Å². The maximum absolute atomic E-state index is 12.5. The van der Waals surface area contributed by atoms with Crippen molar-refractivity contribution in [2.24, 2.45) is 5.92 Å². The molecule has 2 aromatic carbocycles. The molecule has 6 nitrogen and oxygen atoms in total. The van der Waals surface area contributed by atoms with Crippen LogP contribution in [0, 0.1) is 5.92 Å². The average Bonchev–Trinajstić information content (AvgIpc) is 3.28. The van der Waals surface area contributed by atoms with Crippen molar-refractivity contribution in [3.05, 3.63) is 83.3 Å². The van der Waals surface area contributed by atoms with Crippen LogP contribution in [0.1, 0.15) is 48.2 Å². The standard InChI is InChI=1S/C27H34N2O4/c1-19(2)20(3)28-27(30)25-14-12-23(33-25)18-29(16-21-9-7-6-8-10-21)17-22-11-13-24(31-4)26(15-22)32-5/h6-15,19-20H,16-18H2,1-5H3,(H,28,30). The zero-order chi connectivity index (χ0) is 23.8. The van der Waals surface area contributed by atoms with Crippen LogP contribution in [0.5, 0.6) is 11.5 Å². The first kappa shape index (κ1) is 24.4. The van der Waals surface area contributed by atoms with Gasteiger partial charge in [-0.15, -0.1) is 0 Å². The summed E-state index contributed by atoms with van der Waals surface area (Å²) in [7, 11) is 3.27. The van der Waals surface area contributed by atoms with E-state index in [-0.39, 0.29) is 11.9 Å². The Kier molecular flexibility index (Phi) is 8.55. The van der Waals surface area contributed by atoms with Gasteiger partial charge < -0.3 is 19.2 Å². The first-order valence-electron chi connectivity index (χ1n) is 11.3. The fourth-order valence-corrected chi connectivity index (χ4v) is 3.50. The van der Waals surface area contributed by atoms with Crippen molar-refractivity contribution in [3.8, 4) is 11.5 Å². The van der Waals surface area contributed by atoms with Gasteiger partial charge in [0.25, 0.3) is 5.91 Å². The van der Waals surface area contributed by atoms with E-state index in [1.54, 1.807) is 20.3 Å². The molecule has 0 aliphatic rings. The summed E-state index contributed by atoms with van der Waals surface area (Å²) in [6.45, 7) is 8.14. The highest BCUT2D eigenvalue weighted by Gasteiger charge is 2.18. The molecule has 1 atom stereocenters. The number of hydrogen-bond acceptors (Lipinski definition) is 5. The molecular formula is C27H34N2O4. The Hall–Kier alpha value is -3.25. The largest absolute Gasteiger partial charge is 0.493 e. The minimum absolute atomic E-state index is 0.0747. The van der Waals surface area contributed by atoms with Gasteiger partial charge in [-0.3, -0.25) is 9.69 Å². The van der Waals surface area contributed by atoms with Crippen LogP contribution >= 0.6 is 0 Å². The second-order valence-electron chi connectivity index (χ2n) is 8.59. The van der Waals surface area contributed by atoms with E-state index in [9.17, 15) is 4.79 Å². The van der Waals surface area contributed by atoms with Crippen LogP contribution in [0.4, 0.5) is 0 Å². The summed E-state index contributed by atoms with van der Waals surface area (Å²) in [5.41, 5.74) is 2.30. The monoisotopic (exact) mass is 450 g/mol. The molecule has 3 aromatic rings. The summed E-state index contributed by atoms with van der Waals surface area (Å²) in [6.07, 6.45) is 0. The first-order valence-corrected chi connectivity index (χ1v) is 11.3. The van der Waals surface area contributed by atoms with Crippen LogP contribution in [0.25, 0.3) is 0 Å². The third kappa shape index (κ3) is 6.86. The number of rotatable bonds is 11. The Morgan fingerprint density at radius 3 is 2.24 bits per heavy atom. The number of nitrogens with one attached hydrogen (secondary N) is 1. The molecule has 0 fully saturated rings. The van der Waals surface area contributed by atoms with Crippen molar-refractivity contribution in [2.75, 3.05) is 14.2 Å². The minimum atomic E-state index is -0.183. The van der Waals surface area contributed by atoms with E-state index in [4.69, 9.17) is 13.9 Å². The Morgan fingerprint density at radius 1 is 0.879 bits per heavy atom. The lowest BCUT2D eigenvalue weighted by atomic mass is 10.1. The second kappa shape index (κ2) is 11.6. The predicted molar refractivity (Wildman–Crippen MR) is 129 cm³/mol. The number of furan rings is 1. The molecule has 1 unspecified atom stereocenters. The molecule has 0 radical (unpaired) electrons. The summed E-state index contributed by atoms with van der Waals surface area (Å²) in [5.74, 6) is 2.65. The van der Waals surface area contributed by atoms with Crippen LogP contribution in [-0.4, -0.2) is 31.1 Å². The lowest BCUT2D eigenvalue weighted by Crippen LogP contribution is -2.35. The number of ether oxygens (including phenoxy) is 2. The van der Waals surface area contributed by atoms with Gasteiger partial charge in [-0.05, 0) is 48.2 Å². The third-order valence-corrected chi connectivity index (χ3v) is 5.73. The zero-order valence-electron chi connectivity index (χ0n) is 20.1. The van der Waals surface area contributed by atoms with Crippen molar-refractivity contribution in [1.82, 2.24) is 10.2 Å². The third-order valence-electron chi connectivity index (χ3n) is 5.73. The molecule has 3 rings (SSSR count). The van der Waals surface area contributed by atoms with Gasteiger partial charge in [-0.2, -0.15) is 0 Å². The highest BCUT2D eigenvalue weighted by atomic mass is 16.5. The smallest absolute Gasteiger partial charge is 0.287 e. The van der Waals surface area contributed by atoms with Gasteiger partial charge in [0.2, 0.25) is 0 Å². The topological polar surface area (TPSA) is 63.9 Å². The van der Waals surface area contributed by atoms with Crippen molar-refractivity contribution < 1.29 is 18.7 Å². The van der Waals surface area contributed by atoms with E-state index in [2.05, 4.69) is 36.2 Å². The predicted octanol–water partition coefficient (Wildman–Crippen LogP) is 5.27. The van der Waals surface area contributed by atoms with E-state index < -0.39 is 0 Å². The molecule has 0 aliphatic heterocycles. The fraction of sp³-hybridized carbons (Fsp3) is 0.370. The van der Waals surface area contributed by atoms with Gasteiger partial charge in [0.1, 0.15) is 5.76 Å². The van der Waals surface area contributed by atoms with Crippen LogP contribution < -0.4 is 14.8 Å². The van der Waals surface area contributed by atoms with Gasteiger partial charge in [0, 0.05) is 19.1 Å². The Labute approximate surface area is 196 Å². The first-order chi connectivity index (χ1) is 15.9. The molecule has 6 heteroatoms. The Morgan fingerprint density at radius 2 is 1.58 bits per heavy atom. The van der Waals surface area contributed by atoms with Crippen molar-refractivity contribution >= 4 is 5.91 Å². The van der Waals surface area contributed by atoms with Crippen LogP contribution in [-0.2, 0) is 19.6 Å². The van der Waals surface area contributed by atoms with E-state index in [1.165, 1.54) is 5.56 Å². The van der Waals surface area contributed by atoms with Crippen LogP contribution in [0.3, 0.4) is 0 Å². The average molecular weight is 451 g/mol. The maximum Gasteiger partial charge on any atom is 0.287 e. The molecule has 0 saturated heterocycles. The molecule has 1 aromatic heterocycles. The molecule has 0 spiro atoms. The molecule has 0 aliphatic carbocycles. The number of carbonyl (C=O) groups excluding carboxylic acids is 1. The molecular weight excluding hydrogens is 416 g/mol. The van der Waals surface area contributed by atoms with Gasteiger partial charge in [0.05, 0.1) is 20.8 Å². The van der Waals surface area contributed by atoms with E-state index in [0.29, 0.717) is 36.3 Å². The second-order valence-corrected chi connectivity index (χ2v) is 8.59. The summed E-state index contributed by atoms with van der Waals surface area (Å²) >= 11 is 0. The van der Waals surface area contributed by atoms with E-state index in [0.717, 1.165) is 17.9 Å². The zero-order valence-corrected chi connectivity index (χ0v) is 20.1. The number of nitrogens with zero attached hydrogens (tertiary/aromatic N) is 1. The number of methoxy groups -OCH3 is 2. The molecule has 33 heavy (non-hydrogen) atoms. The maximum atomic E-state index is 12.5. The van der Waals surface area contributed by atoms with E-state index in [1.807, 2.05) is 49.4 Å². The van der Waals surface area contributed by atoms with Crippen molar-refractivity contribution in [3.63, 3.8) is 0 Å². The summed E-state index contributed by atoms with van der Waals surface area (Å²) in [6, 6.07) is 19.9. The molecule has 176 valence electrons. The van der Waals surface area contributed by atoms with Gasteiger partial charge in [-0.25, -0.2) is 0 Å². The van der Waals surface area contributed by atoms with Gasteiger partial charge in [0.15, 0.2) is 17.3 Å². The number of carbonyl (C=O) groups is 1. The summed E-state index contributed by atoms with van der Waals surface area (Å²) in [5, 5.41) is 2.99. The van der Waals surface area contributed by atoms with Crippen LogP contribution in [0.2, 0.25) is 0 Å². The lowest BCUT2D eigenvalue weighted by Gasteiger charge is -2.22. The Balaban J connectivity index is 1.77. The fourth-order valence-electron chi connectivity index (χ4n) is 3.50. The SMILES string of the molecule is COc1ccc(CN(Cc2ccccc2)Cc2ccc(C(=O)NC(C)C(C)C)o2)cc1OC. The van der Waals surface area contributed by atoms with Crippen molar-refractivity contribution in [2.45, 2.75) is 46.4 Å². The molecule has 1 amide bonds. The normalized spacial score (nSPS) is 12.1. The summed E-state index contributed by atoms with van der Waals surface area (Å²) in [4.78, 5) is 14.8. The summed E-state index contributed by atoms with van der Waals surface area (Å²) < 4.78 is 16.7. The number of amides is 1. The highest BCUT2D eigenvalue weighted by molar-refractivity contribution is 5.91. The quantitative estimate of drug-likeness (QED) is 0.431.